The molecule has 256 valence electrons. The first-order valence-electron chi connectivity index (χ1n) is 15.7. The van der Waals surface area contributed by atoms with Crippen molar-refractivity contribution < 1.29 is 38.5 Å². The number of aliphatic hydroxyl groups is 1. The number of benzene rings is 2. The summed E-state index contributed by atoms with van der Waals surface area (Å²) in [4.78, 5) is 52.9. The lowest BCUT2D eigenvalue weighted by Crippen LogP contribution is -2.50. The van der Waals surface area contributed by atoms with Crippen LogP contribution in [-0.4, -0.2) is 66.4 Å². The second kappa shape index (κ2) is 18.1. The molecule has 12 heteroatoms. The number of carbonyl (C=O) groups excluding carboxylic acids is 4. The summed E-state index contributed by atoms with van der Waals surface area (Å²) in [5.74, 6) is -2.82. The molecule has 0 aromatic heterocycles. The topological polar surface area (TPSA) is 140 Å². The zero-order valence-electron chi connectivity index (χ0n) is 27.3. The molecule has 3 N–H and O–H groups in total. The first kappa shape index (κ1) is 37.9. The number of halogens is 2. The Morgan fingerprint density at radius 1 is 1.02 bits per heavy atom. The highest BCUT2D eigenvalue weighted by atomic mass is 35.5. The van der Waals surface area contributed by atoms with Gasteiger partial charge < -0.3 is 30.0 Å². The molecule has 1 aliphatic rings. The highest BCUT2D eigenvalue weighted by Gasteiger charge is 2.35. The molecule has 2 aromatic rings. The van der Waals surface area contributed by atoms with E-state index in [0.717, 1.165) is 0 Å². The molecule has 0 saturated heterocycles. The maximum absolute atomic E-state index is 13.4. The van der Waals surface area contributed by atoms with E-state index >= 15 is 0 Å². The maximum atomic E-state index is 13.4. The second-order valence-electron chi connectivity index (χ2n) is 12.2. The number of aliphatic hydroxyl groups excluding tert-OH is 1. The lowest BCUT2D eigenvalue weighted by molar-refractivity contribution is -0.176. The molecule has 0 radical (unpaired) electrons. The van der Waals surface area contributed by atoms with Crippen LogP contribution in [0.5, 0.6) is 5.75 Å². The Kier molecular flexibility index (Phi) is 14.6. The molecule has 2 amide bonds. The number of nitrogens with one attached hydrogen (secondary N) is 2. The first-order chi connectivity index (χ1) is 22.3. The third-order valence-electron chi connectivity index (χ3n) is 7.82. The standard InChI is InChI=1S/C35H44Cl2N2O8/c1-20(2)16-29-35(44)47-27(22(4)33(42)32(37)24-10-7-6-8-11-24)12-9-13-30(40)39-26(34(43)38-21(3)17-31(41)46-29)19-23-14-15-28(45-5)25(36)18-23/h6-11,13-15,18,20-22,26-27,29,32-33,42H,12,16-17,19H2,1-5H3,(H,38,43)(H,39,40)/b13-9+/t21-,22+,26-,27+,29+,32-,33+/m1/s1. The van der Waals surface area contributed by atoms with Gasteiger partial charge in [0.15, 0.2) is 6.10 Å². The number of esters is 2. The van der Waals surface area contributed by atoms with Gasteiger partial charge in [-0.2, -0.15) is 0 Å². The van der Waals surface area contributed by atoms with Gasteiger partial charge in [-0.15, -0.1) is 11.6 Å². The van der Waals surface area contributed by atoms with Crippen LogP contribution >= 0.6 is 23.2 Å². The van der Waals surface area contributed by atoms with Gasteiger partial charge in [-0.05, 0) is 48.6 Å². The van der Waals surface area contributed by atoms with Crippen LogP contribution < -0.4 is 15.4 Å². The van der Waals surface area contributed by atoms with Gasteiger partial charge in [-0.25, -0.2) is 4.79 Å². The molecule has 0 fully saturated rings. The summed E-state index contributed by atoms with van der Waals surface area (Å²) < 4.78 is 16.7. The van der Waals surface area contributed by atoms with E-state index in [0.29, 0.717) is 21.9 Å². The van der Waals surface area contributed by atoms with Crippen molar-refractivity contribution in [1.82, 2.24) is 10.6 Å². The van der Waals surface area contributed by atoms with Gasteiger partial charge in [0.1, 0.15) is 17.9 Å². The molecular weight excluding hydrogens is 647 g/mol. The van der Waals surface area contributed by atoms with Crippen LogP contribution in [0.1, 0.15) is 63.5 Å². The van der Waals surface area contributed by atoms with Crippen molar-refractivity contribution in [3.63, 3.8) is 0 Å². The smallest absolute Gasteiger partial charge is 0.347 e. The highest BCUT2D eigenvalue weighted by Crippen LogP contribution is 2.32. The summed E-state index contributed by atoms with van der Waals surface area (Å²) in [6.45, 7) is 7.07. The molecule has 0 aliphatic carbocycles. The van der Waals surface area contributed by atoms with Gasteiger partial charge in [0.25, 0.3) is 0 Å². The van der Waals surface area contributed by atoms with Crippen molar-refractivity contribution in [3.05, 3.63) is 76.8 Å². The van der Waals surface area contributed by atoms with Crippen LogP contribution in [0.2, 0.25) is 5.02 Å². The number of rotatable bonds is 9. The Hall–Kier alpha value is -3.60. The van der Waals surface area contributed by atoms with Crippen LogP contribution in [-0.2, 0) is 35.1 Å². The number of ether oxygens (including phenoxy) is 3. The van der Waals surface area contributed by atoms with Crippen molar-refractivity contribution in [2.75, 3.05) is 7.11 Å². The minimum absolute atomic E-state index is 0.0225. The van der Waals surface area contributed by atoms with Crippen molar-refractivity contribution in [2.45, 2.75) is 89.2 Å². The van der Waals surface area contributed by atoms with Crippen LogP contribution in [0, 0.1) is 11.8 Å². The quantitative estimate of drug-likeness (QED) is 0.245. The average molecular weight is 692 g/mol. The second-order valence-corrected chi connectivity index (χ2v) is 13.1. The van der Waals surface area contributed by atoms with Gasteiger partial charge in [0.2, 0.25) is 11.8 Å². The maximum Gasteiger partial charge on any atom is 0.347 e. The van der Waals surface area contributed by atoms with E-state index in [4.69, 9.17) is 37.4 Å². The molecule has 2 aromatic carbocycles. The van der Waals surface area contributed by atoms with E-state index in [-0.39, 0.29) is 31.6 Å². The van der Waals surface area contributed by atoms with E-state index in [2.05, 4.69) is 10.6 Å². The van der Waals surface area contributed by atoms with Crippen LogP contribution in [0.25, 0.3) is 0 Å². The number of carbonyl (C=O) groups is 4. The van der Waals surface area contributed by atoms with Crippen LogP contribution in [0.3, 0.4) is 0 Å². The normalized spacial score (nSPS) is 24.3. The summed E-state index contributed by atoms with van der Waals surface area (Å²) in [5, 5.41) is 16.2. The molecule has 10 nitrogen and oxygen atoms in total. The number of cyclic esters (lactones) is 2. The fourth-order valence-corrected chi connectivity index (χ4v) is 5.85. The lowest BCUT2D eigenvalue weighted by Gasteiger charge is -2.31. The van der Waals surface area contributed by atoms with Gasteiger partial charge in [0, 0.05) is 24.8 Å². The average Bonchev–Trinajstić information content (AvgIpc) is 3.02. The molecule has 1 heterocycles. The van der Waals surface area contributed by atoms with Crippen LogP contribution in [0.15, 0.2) is 60.7 Å². The third kappa shape index (κ3) is 11.6. The molecule has 1 aliphatic heterocycles. The summed E-state index contributed by atoms with van der Waals surface area (Å²) in [6, 6.07) is 12.4. The fourth-order valence-electron chi connectivity index (χ4n) is 5.20. The van der Waals surface area contributed by atoms with E-state index in [9.17, 15) is 24.3 Å². The van der Waals surface area contributed by atoms with Crippen molar-refractivity contribution >= 4 is 47.0 Å². The minimum atomic E-state index is -1.22. The van der Waals surface area contributed by atoms with E-state index in [1.54, 1.807) is 56.3 Å². The summed E-state index contributed by atoms with van der Waals surface area (Å²) in [7, 11) is 1.49. The van der Waals surface area contributed by atoms with E-state index in [1.165, 1.54) is 19.3 Å². The SMILES string of the molecule is COc1ccc(C[C@H]2NC(=O)/C=C/C[C@@H]([C@H](C)[C@H](O)[C@H](Cl)c3ccccc3)OC(=O)[C@H](CC(C)C)OC(=O)C[C@@H](C)NC2=O)cc1Cl. The fraction of sp³-hybridized carbons (Fsp3) is 0.486. The molecule has 0 saturated carbocycles. The Bertz CT molecular complexity index is 1400. The predicted molar refractivity (Wildman–Crippen MR) is 179 cm³/mol. The Morgan fingerprint density at radius 3 is 2.36 bits per heavy atom. The Morgan fingerprint density at radius 2 is 1.72 bits per heavy atom. The number of methoxy groups -OCH3 is 1. The molecule has 3 rings (SSSR count). The number of amides is 2. The third-order valence-corrected chi connectivity index (χ3v) is 8.63. The summed E-state index contributed by atoms with van der Waals surface area (Å²) in [5.41, 5.74) is 1.35. The Labute approximate surface area is 286 Å². The monoisotopic (exact) mass is 690 g/mol. The molecule has 0 unspecified atom stereocenters. The minimum Gasteiger partial charge on any atom is -0.495 e. The van der Waals surface area contributed by atoms with Crippen molar-refractivity contribution in [1.29, 1.82) is 0 Å². The summed E-state index contributed by atoms with van der Waals surface area (Å²) >= 11 is 12.9. The van der Waals surface area contributed by atoms with Gasteiger partial charge in [-0.1, -0.05) is 74.8 Å². The summed E-state index contributed by atoms with van der Waals surface area (Å²) in [6.07, 6.45) is -0.451. The molecule has 0 bridgehead atoms. The van der Waals surface area contributed by atoms with Crippen LogP contribution in [0.4, 0.5) is 0 Å². The zero-order chi connectivity index (χ0) is 34.7. The Balaban J connectivity index is 1.92. The van der Waals surface area contributed by atoms with Crippen molar-refractivity contribution in [2.24, 2.45) is 11.8 Å². The van der Waals surface area contributed by atoms with E-state index < -0.39 is 65.4 Å². The highest BCUT2D eigenvalue weighted by molar-refractivity contribution is 6.32. The molecule has 0 spiro atoms. The number of hydrogen-bond donors (Lipinski definition) is 3. The first-order valence-corrected chi connectivity index (χ1v) is 16.5. The molecular formula is C35H44Cl2N2O8. The number of hydrogen-bond acceptors (Lipinski definition) is 8. The molecule has 47 heavy (non-hydrogen) atoms. The lowest BCUT2D eigenvalue weighted by atomic mass is 9.90. The van der Waals surface area contributed by atoms with Gasteiger partial charge in [-0.3, -0.25) is 14.4 Å². The molecule has 7 atom stereocenters. The van der Waals surface area contributed by atoms with Gasteiger partial charge in [0.05, 0.1) is 30.0 Å². The predicted octanol–water partition coefficient (Wildman–Crippen LogP) is 5.08. The zero-order valence-corrected chi connectivity index (χ0v) is 28.8. The van der Waals surface area contributed by atoms with Crippen molar-refractivity contribution in [3.8, 4) is 5.75 Å². The van der Waals surface area contributed by atoms with Gasteiger partial charge >= 0.3 is 11.9 Å². The van der Waals surface area contributed by atoms with E-state index in [1.807, 2.05) is 19.9 Å². The largest absolute Gasteiger partial charge is 0.495 e. The number of alkyl halides is 1.